The van der Waals surface area contributed by atoms with Crippen molar-refractivity contribution in [3.63, 3.8) is 0 Å². The first-order chi connectivity index (χ1) is 7.58. The monoisotopic (exact) mass is 222 g/mol. The van der Waals surface area contributed by atoms with Gasteiger partial charge in [0.25, 0.3) is 0 Å². The zero-order chi connectivity index (χ0) is 11.7. The van der Waals surface area contributed by atoms with Crippen molar-refractivity contribution in [2.45, 2.75) is 39.2 Å². The standard InChI is InChI=1S/C11H18N4O/c1-6-10(7(2)15-14-6)13-11(16)8-3-4-9(12)5-8/h8-9H,3-5,12H2,1-2H3,(H,13,16)(H,14,15). The third-order valence-electron chi connectivity index (χ3n) is 3.22. The highest BCUT2D eigenvalue weighted by atomic mass is 16.1. The zero-order valence-corrected chi connectivity index (χ0v) is 9.71. The van der Waals surface area contributed by atoms with E-state index in [4.69, 9.17) is 5.73 Å². The minimum Gasteiger partial charge on any atom is -0.328 e. The molecule has 2 atom stereocenters. The van der Waals surface area contributed by atoms with Gasteiger partial charge >= 0.3 is 0 Å². The van der Waals surface area contributed by atoms with E-state index in [1.807, 2.05) is 13.8 Å². The highest BCUT2D eigenvalue weighted by molar-refractivity contribution is 5.93. The number of carbonyl (C=O) groups excluding carboxylic acids is 1. The summed E-state index contributed by atoms with van der Waals surface area (Å²) in [5.41, 5.74) is 8.33. The number of aryl methyl sites for hydroxylation is 2. The van der Waals surface area contributed by atoms with Crippen LogP contribution in [0.3, 0.4) is 0 Å². The van der Waals surface area contributed by atoms with E-state index in [9.17, 15) is 4.79 Å². The molecule has 1 heterocycles. The highest BCUT2D eigenvalue weighted by Gasteiger charge is 2.28. The lowest BCUT2D eigenvalue weighted by atomic mass is 10.1. The van der Waals surface area contributed by atoms with Gasteiger partial charge in [-0.25, -0.2) is 0 Å². The third-order valence-corrected chi connectivity index (χ3v) is 3.22. The maximum absolute atomic E-state index is 12.0. The van der Waals surface area contributed by atoms with Crippen LogP contribution in [-0.2, 0) is 4.79 Å². The molecule has 0 saturated heterocycles. The zero-order valence-electron chi connectivity index (χ0n) is 9.71. The first kappa shape index (κ1) is 11.1. The van der Waals surface area contributed by atoms with Crippen molar-refractivity contribution in [3.8, 4) is 0 Å². The summed E-state index contributed by atoms with van der Waals surface area (Å²) in [6.07, 6.45) is 2.63. The number of rotatable bonds is 2. The van der Waals surface area contributed by atoms with Crippen LogP contribution in [0.5, 0.6) is 0 Å². The Bertz CT molecular complexity index is 379. The van der Waals surface area contributed by atoms with Crippen LogP contribution in [0.15, 0.2) is 0 Å². The number of nitrogens with one attached hydrogen (secondary N) is 2. The molecule has 1 aromatic rings. The normalized spacial score (nSPS) is 24.7. The molecule has 1 aromatic heterocycles. The number of H-pyrrole nitrogens is 1. The number of anilines is 1. The first-order valence-corrected chi connectivity index (χ1v) is 5.66. The molecule has 0 spiro atoms. The summed E-state index contributed by atoms with van der Waals surface area (Å²) in [4.78, 5) is 12.0. The second kappa shape index (κ2) is 4.25. The van der Waals surface area contributed by atoms with E-state index in [2.05, 4.69) is 15.5 Å². The molecule has 0 aliphatic heterocycles. The molecule has 1 aliphatic carbocycles. The molecular weight excluding hydrogens is 204 g/mol. The number of nitrogens with two attached hydrogens (primary N) is 1. The Morgan fingerprint density at radius 3 is 2.75 bits per heavy atom. The van der Waals surface area contributed by atoms with Crippen molar-refractivity contribution in [3.05, 3.63) is 11.4 Å². The molecule has 16 heavy (non-hydrogen) atoms. The van der Waals surface area contributed by atoms with Crippen LogP contribution >= 0.6 is 0 Å². The minimum atomic E-state index is 0.0590. The quantitative estimate of drug-likeness (QED) is 0.700. The van der Waals surface area contributed by atoms with Gasteiger partial charge in [-0.05, 0) is 33.1 Å². The number of aromatic amines is 1. The van der Waals surface area contributed by atoms with E-state index < -0.39 is 0 Å². The average Bonchev–Trinajstić information content (AvgIpc) is 2.79. The molecule has 0 bridgehead atoms. The summed E-state index contributed by atoms with van der Waals surface area (Å²) in [7, 11) is 0. The number of nitrogens with zero attached hydrogens (tertiary/aromatic N) is 1. The molecule has 5 heteroatoms. The Balaban J connectivity index is 2.02. The Hall–Kier alpha value is -1.36. The van der Waals surface area contributed by atoms with E-state index >= 15 is 0 Å². The van der Waals surface area contributed by atoms with Crippen LogP contribution in [0.2, 0.25) is 0 Å². The fraction of sp³-hybridized carbons (Fsp3) is 0.636. The molecule has 4 N–H and O–H groups in total. The third kappa shape index (κ3) is 2.09. The van der Waals surface area contributed by atoms with Gasteiger partial charge < -0.3 is 11.1 Å². The van der Waals surface area contributed by atoms with E-state index in [0.717, 1.165) is 36.3 Å². The van der Waals surface area contributed by atoms with E-state index in [1.54, 1.807) is 0 Å². The summed E-state index contributed by atoms with van der Waals surface area (Å²) >= 11 is 0. The molecule has 5 nitrogen and oxygen atoms in total. The van der Waals surface area contributed by atoms with Crippen molar-refractivity contribution in [1.29, 1.82) is 0 Å². The van der Waals surface area contributed by atoms with Crippen molar-refractivity contribution < 1.29 is 4.79 Å². The van der Waals surface area contributed by atoms with Gasteiger partial charge in [0.1, 0.15) is 0 Å². The van der Waals surface area contributed by atoms with Gasteiger partial charge in [-0.1, -0.05) is 0 Å². The topological polar surface area (TPSA) is 83.8 Å². The lowest BCUT2D eigenvalue weighted by Crippen LogP contribution is -2.23. The lowest BCUT2D eigenvalue weighted by Gasteiger charge is -2.10. The second-order valence-electron chi connectivity index (χ2n) is 4.57. The first-order valence-electron chi connectivity index (χ1n) is 5.66. The van der Waals surface area contributed by atoms with Crippen molar-refractivity contribution in [2.24, 2.45) is 11.7 Å². The van der Waals surface area contributed by atoms with Crippen LogP contribution in [-0.4, -0.2) is 22.1 Å². The Labute approximate surface area is 94.8 Å². The molecule has 88 valence electrons. The second-order valence-corrected chi connectivity index (χ2v) is 4.57. The van der Waals surface area contributed by atoms with Crippen LogP contribution in [0, 0.1) is 19.8 Å². The number of amides is 1. The largest absolute Gasteiger partial charge is 0.328 e. The average molecular weight is 222 g/mol. The van der Waals surface area contributed by atoms with Gasteiger partial charge in [-0.3, -0.25) is 9.89 Å². The Kier molecular flexibility index (Phi) is 2.96. The molecule has 1 aliphatic rings. The summed E-state index contributed by atoms with van der Waals surface area (Å²) in [6.45, 7) is 3.77. The number of carbonyl (C=O) groups is 1. The van der Waals surface area contributed by atoms with Crippen LogP contribution < -0.4 is 11.1 Å². The maximum atomic E-state index is 12.0. The fourth-order valence-electron chi connectivity index (χ4n) is 2.21. The minimum absolute atomic E-state index is 0.0590. The molecule has 2 unspecified atom stereocenters. The summed E-state index contributed by atoms with van der Waals surface area (Å²) in [5.74, 6) is 0.129. The van der Waals surface area contributed by atoms with Gasteiger partial charge in [-0.2, -0.15) is 5.10 Å². The number of hydrogen-bond donors (Lipinski definition) is 3. The molecule has 1 fully saturated rings. The Morgan fingerprint density at radius 1 is 1.50 bits per heavy atom. The Morgan fingerprint density at radius 2 is 2.25 bits per heavy atom. The number of hydrogen-bond acceptors (Lipinski definition) is 3. The summed E-state index contributed by atoms with van der Waals surface area (Å²) in [6, 6.07) is 0.183. The smallest absolute Gasteiger partial charge is 0.227 e. The van der Waals surface area contributed by atoms with Gasteiger partial charge in [0, 0.05) is 12.0 Å². The van der Waals surface area contributed by atoms with Gasteiger partial charge in [0.15, 0.2) is 0 Å². The van der Waals surface area contributed by atoms with Crippen LogP contribution in [0.1, 0.15) is 30.7 Å². The van der Waals surface area contributed by atoms with Crippen molar-refractivity contribution in [1.82, 2.24) is 10.2 Å². The highest BCUT2D eigenvalue weighted by Crippen LogP contribution is 2.26. The van der Waals surface area contributed by atoms with E-state index in [1.165, 1.54) is 0 Å². The summed E-state index contributed by atoms with van der Waals surface area (Å²) < 4.78 is 0. The lowest BCUT2D eigenvalue weighted by molar-refractivity contribution is -0.119. The maximum Gasteiger partial charge on any atom is 0.227 e. The van der Waals surface area contributed by atoms with Crippen molar-refractivity contribution in [2.75, 3.05) is 5.32 Å². The number of aromatic nitrogens is 2. The molecule has 1 saturated carbocycles. The van der Waals surface area contributed by atoms with Crippen LogP contribution in [0.4, 0.5) is 5.69 Å². The SMILES string of the molecule is Cc1n[nH]c(C)c1NC(=O)C1CCC(N)C1. The molecule has 1 amide bonds. The van der Waals surface area contributed by atoms with Gasteiger partial charge in [0.2, 0.25) is 5.91 Å². The van der Waals surface area contributed by atoms with Crippen molar-refractivity contribution >= 4 is 11.6 Å². The molecular formula is C11H18N4O. The molecule has 2 rings (SSSR count). The fourth-order valence-corrected chi connectivity index (χ4v) is 2.21. The van der Waals surface area contributed by atoms with Crippen LogP contribution in [0.25, 0.3) is 0 Å². The predicted molar refractivity (Wildman–Crippen MR) is 62.0 cm³/mol. The van der Waals surface area contributed by atoms with Gasteiger partial charge in [0.05, 0.1) is 17.1 Å². The van der Waals surface area contributed by atoms with E-state index in [0.29, 0.717) is 0 Å². The predicted octanol–water partition coefficient (Wildman–Crippen LogP) is 1.09. The summed E-state index contributed by atoms with van der Waals surface area (Å²) in [5, 5.41) is 9.83. The van der Waals surface area contributed by atoms with Gasteiger partial charge in [-0.15, -0.1) is 0 Å². The molecule has 0 radical (unpaired) electrons. The molecule has 0 aromatic carbocycles. The van der Waals surface area contributed by atoms with E-state index in [-0.39, 0.29) is 17.9 Å².